The summed E-state index contributed by atoms with van der Waals surface area (Å²) in [6.07, 6.45) is 1.51. The fourth-order valence-corrected chi connectivity index (χ4v) is 2.48. The summed E-state index contributed by atoms with van der Waals surface area (Å²) in [4.78, 5) is 18.2. The highest BCUT2D eigenvalue weighted by Crippen LogP contribution is 2.31. The highest BCUT2D eigenvalue weighted by Gasteiger charge is 2.41. The smallest absolute Gasteiger partial charge is 0.415 e. The van der Waals surface area contributed by atoms with Gasteiger partial charge in [0.25, 0.3) is 0 Å². The molecule has 9 nitrogen and oxygen atoms in total. The molecule has 3 aromatic rings. The molecule has 0 radical (unpaired) electrons. The average Bonchev–Trinajstić information content (AvgIpc) is 3.15. The number of rotatable bonds is 4. The van der Waals surface area contributed by atoms with Crippen LogP contribution in [0.3, 0.4) is 0 Å². The number of imidazole rings is 1. The van der Waals surface area contributed by atoms with E-state index in [9.17, 15) is 10.1 Å². The van der Waals surface area contributed by atoms with E-state index in [1.165, 1.54) is 6.20 Å². The Morgan fingerprint density at radius 2 is 2.26 bits per heavy atom. The molecular formula is C14H12N4O5. The van der Waals surface area contributed by atoms with Gasteiger partial charge in [0.2, 0.25) is 0 Å². The molecule has 1 aliphatic rings. The Balaban J connectivity index is 1.46. The number of hydrogen-bond donors (Lipinski definition) is 0. The second-order valence-corrected chi connectivity index (χ2v) is 5.55. The molecule has 2 aromatic heterocycles. The summed E-state index contributed by atoms with van der Waals surface area (Å²) in [5.74, 6) is -0.234. The van der Waals surface area contributed by atoms with E-state index in [-0.39, 0.29) is 24.5 Å². The van der Waals surface area contributed by atoms with Crippen LogP contribution in [0.5, 0.6) is 12.1 Å². The van der Waals surface area contributed by atoms with E-state index in [1.54, 1.807) is 10.6 Å². The molecule has 1 unspecified atom stereocenters. The van der Waals surface area contributed by atoms with Gasteiger partial charge in [-0.1, -0.05) is 12.1 Å². The van der Waals surface area contributed by atoms with E-state index < -0.39 is 10.5 Å². The molecule has 118 valence electrons. The summed E-state index contributed by atoms with van der Waals surface area (Å²) in [6.45, 7) is 2.40. The lowest BCUT2D eigenvalue weighted by atomic mass is 10.1. The van der Waals surface area contributed by atoms with Gasteiger partial charge in [-0.2, -0.15) is 4.98 Å². The van der Waals surface area contributed by atoms with Crippen LogP contribution < -0.4 is 9.47 Å². The maximum absolute atomic E-state index is 10.7. The Hall–Kier alpha value is -3.10. The number of ether oxygens (including phenoxy) is 2. The van der Waals surface area contributed by atoms with Crippen LogP contribution >= 0.6 is 0 Å². The molecule has 9 heteroatoms. The van der Waals surface area contributed by atoms with E-state index in [0.29, 0.717) is 17.6 Å². The van der Waals surface area contributed by atoms with Gasteiger partial charge in [-0.05, 0) is 24.0 Å². The van der Waals surface area contributed by atoms with Crippen molar-refractivity contribution in [3.05, 3.63) is 40.6 Å². The number of oxazole rings is 1. The highest BCUT2D eigenvalue weighted by atomic mass is 16.6. The van der Waals surface area contributed by atoms with Crippen molar-refractivity contribution in [3.8, 4) is 12.1 Å². The van der Waals surface area contributed by atoms with E-state index in [1.807, 2.05) is 25.1 Å². The third-order valence-corrected chi connectivity index (χ3v) is 3.53. The maximum Gasteiger partial charge on any atom is 0.415 e. The molecular weight excluding hydrogens is 304 g/mol. The zero-order valence-electron chi connectivity index (χ0n) is 12.1. The molecule has 0 fully saturated rings. The molecule has 1 aromatic carbocycles. The quantitative estimate of drug-likeness (QED) is 0.536. The van der Waals surface area contributed by atoms with Crippen molar-refractivity contribution in [2.75, 3.05) is 6.61 Å². The van der Waals surface area contributed by atoms with Crippen LogP contribution in [0.1, 0.15) is 6.92 Å². The van der Waals surface area contributed by atoms with Gasteiger partial charge >= 0.3 is 17.9 Å². The van der Waals surface area contributed by atoms with Gasteiger partial charge in [0.15, 0.2) is 11.2 Å². The molecule has 0 saturated carbocycles. The van der Waals surface area contributed by atoms with E-state index in [2.05, 4.69) is 9.97 Å². The Bertz CT molecular complexity index is 843. The third kappa shape index (κ3) is 2.35. The van der Waals surface area contributed by atoms with Gasteiger partial charge in [0.1, 0.15) is 18.3 Å². The highest BCUT2D eigenvalue weighted by molar-refractivity contribution is 5.72. The van der Waals surface area contributed by atoms with Crippen molar-refractivity contribution in [1.82, 2.24) is 14.5 Å². The first-order valence-corrected chi connectivity index (χ1v) is 6.91. The topological polar surface area (TPSA) is 105 Å². The van der Waals surface area contributed by atoms with Gasteiger partial charge < -0.3 is 24.0 Å². The summed E-state index contributed by atoms with van der Waals surface area (Å²) in [5, 5.41) is 10.7. The first kappa shape index (κ1) is 13.6. The summed E-state index contributed by atoms with van der Waals surface area (Å²) in [7, 11) is 0. The van der Waals surface area contributed by atoms with Crippen molar-refractivity contribution >= 4 is 16.9 Å². The third-order valence-electron chi connectivity index (χ3n) is 3.53. The molecule has 0 amide bonds. The van der Waals surface area contributed by atoms with Crippen molar-refractivity contribution in [1.29, 1.82) is 0 Å². The number of benzene rings is 1. The molecule has 4 rings (SSSR count). The number of nitro groups is 1. The predicted octanol–water partition coefficient (Wildman–Crippen LogP) is 2.16. The lowest BCUT2D eigenvalue weighted by molar-refractivity contribution is -0.389. The fraction of sp³-hybridized carbons (Fsp3) is 0.286. The largest absolute Gasteiger partial charge is 0.446 e. The van der Waals surface area contributed by atoms with Crippen molar-refractivity contribution < 1.29 is 18.8 Å². The van der Waals surface area contributed by atoms with Gasteiger partial charge in [-0.3, -0.25) is 4.57 Å². The molecule has 1 atom stereocenters. The lowest BCUT2D eigenvalue weighted by Gasteiger charge is -2.20. The summed E-state index contributed by atoms with van der Waals surface area (Å²) < 4.78 is 18.3. The van der Waals surface area contributed by atoms with Crippen molar-refractivity contribution in [2.45, 2.75) is 19.1 Å². The minimum Gasteiger partial charge on any atom is -0.446 e. The summed E-state index contributed by atoms with van der Waals surface area (Å²) in [5.41, 5.74) is 0.657. The molecule has 3 heterocycles. The van der Waals surface area contributed by atoms with Crippen LogP contribution in [0.2, 0.25) is 0 Å². The molecule has 0 spiro atoms. The predicted molar refractivity (Wildman–Crippen MR) is 77.4 cm³/mol. The van der Waals surface area contributed by atoms with Crippen molar-refractivity contribution in [3.63, 3.8) is 0 Å². The monoisotopic (exact) mass is 316 g/mol. The molecule has 0 saturated heterocycles. The Kier molecular flexibility index (Phi) is 2.77. The average molecular weight is 316 g/mol. The van der Waals surface area contributed by atoms with Gasteiger partial charge in [-0.15, -0.1) is 0 Å². The number of fused-ring (bicyclic) bond motifs is 2. The van der Waals surface area contributed by atoms with Crippen LogP contribution in [0.4, 0.5) is 5.82 Å². The minimum atomic E-state index is -0.696. The fourth-order valence-electron chi connectivity index (χ4n) is 2.48. The molecule has 0 bridgehead atoms. The second kappa shape index (κ2) is 4.70. The Morgan fingerprint density at radius 1 is 1.43 bits per heavy atom. The second-order valence-electron chi connectivity index (χ2n) is 5.55. The van der Waals surface area contributed by atoms with Gasteiger partial charge in [0, 0.05) is 4.98 Å². The normalized spacial score (nSPS) is 19.5. The first-order chi connectivity index (χ1) is 11.0. The summed E-state index contributed by atoms with van der Waals surface area (Å²) in [6, 6.07) is 7.55. The number of aromatic nitrogens is 3. The molecule has 0 N–H and O–H groups in total. The lowest BCUT2D eigenvalue weighted by Crippen LogP contribution is -2.38. The van der Waals surface area contributed by atoms with Gasteiger partial charge in [-0.25, -0.2) is 0 Å². The standard InChI is InChI=1S/C14H12N4O5/c1-14(7-17-6-11(18(19)20)16-12(17)23-14)8-21-13-15-9-4-2-3-5-10(9)22-13/h2-6H,7-8H2,1H3. The van der Waals surface area contributed by atoms with Crippen LogP contribution in [0, 0.1) is 10.1 Å². The molecule has 23 heavy (non-hydrogen) atoms. The van der Waals surface area contributed by atoms with Crippen LogP contribution in [-0.4, -0.2) is 31.7 Å². The van der Waals surface area contributed by atoms with Crippen LogP contribution in [0.15, 0.2) is 34.9 Å². The first-order valence-electron chi connectivity index (χ1n) is 6.91. The summed E-state index contributed by atoms with van der Waals surface area (Å²) >= 11 is 0. The van der Waals surface area contributed by atoms with Gasteiger partial charge in [0.05, 0.1) is 6.54 Å². The van der Waals surface area contributed by atoms with E-state index in [0.717, 1.165) is 0 Å². The molecule has 1 aliphatic heterocycles. The SMILES string of the molecule is CC1(COc2nc3ccccc3o2)Cn2cc([N+](=O)[O-])nc2O1. The number of nitrogens with zero attached hydrogens (tertiary/aromatic N) is 4. The number of para-hydroxylation sites is 2. The van der Waals surface area contributed by atoms with Crippen molar-refractivity contribution in [2.24, 2.45) is 0 Å². The Morgan fingerprint density at radius 3 is 3.00 bits per heavy atom. The Labute approximate surface area is 129 Å². The zero-order valence-corrected chi connectivity index (χ0v) is 12.1. The van der Waals surface area contributed by atoms with E-state index >= 15 is 0 Å². The van der Waals surface area contributed by atoms with Crippen LogP contribution in [0.25, 0.3) is 11.1 Å². The number of hydrogen-bond acceptors (Lipinski definition) is 7. The zero-order chi connectivity index (χ0) is 16.0. The minimum absolute atomic E-state index is 0.159. The molecule has 0 aliphatic carbocycles. The van der Waals surface area contributed by atoms with Crippen LogP contribution in [-0.2, 0) is 6.54 Å². The van der Waals surface area contributed by atoms with E-state index in [4.69, 9.17) is 13.9 Å². The maximum atomic E-state index is 10.7.